The topological polar surface area (TPSA) is 87.0 Å². The summed E-state index contributed by atoms with van der Waals surface area (Å²) in [5.74, 6) is 0.916. The van der Waals surface area contributed by atoms with E-state index in [9.17, 15) is 20.1 Å². The second-order valence-corrected chi connectivity index (χ2v) is 12.5. The van der Waals surface area contributed by atoms with Gasteiger partial charge in [0.25, 0.3) is 0 Å². The Bertz CT molecular complexity index is 910. The number of ether oxygens (including phenoxy) is 1. The zero-order valence-electron chi connectivity index (χ0n) is 23.2. The van der Waals surface area contributed by atoms with Crippen LogP contribution in [-0.4, -0.2) is 45.7 Å². The van der Waals surface area contributed by atoms with Gasteiger partial charge in [0.05, 0.1) is 29.8 Å². The van der Waals surface area contributed by atoms with Gasteiger partial charge >= 0.3 is 5.97 Å². The SMILES string of the molecule is C=C1/C(=C\C=C2/CCC[C@@]3(C)[C@@H]([C@H](C)/C=C/[C@@H](O)C(C)(C)C(=O)OC(C)C)CC[C@@H]23)C[C@@H](O)C[C@@H]1O. The highest BCUT2D eigenvalue weighted by Crippen LogP contribution is 2.59. The lowest BCUT2D eigenvalue weighted by Crippen LogP contribution is -2.39. The van der Waals surface area contributed by atoms with Crippen LogP contribution in [0.1, 0.15) is 86.5 Å². The summed E-state index contributed by atoms with van der Waals surface area (Å²) in [6, 6.07) is 0. The zero-order chi connectivity index (χ0) is 26.8. The van der Waals surface area contributed by atoms with E-state index in [1.165, 1.54) is 12.0 Å². The Balaban J connectivity index is 1.72. The van der Waals surface area contributed by atoms with Gasteiger partial charge in [-0.05, 0) is 101 Å². The second-order valence-electron chi connectivity index (χ2n) is 12.5. The first-order valence-corrected chi connectivity index (χ1v) is 13.8. The molecule has 36 heavy (non-hydrogen) atoms. The fraction of sp³-hybridized carbons (Fsp3) is 0.710. The third kappa shape index (κ3) is 6.06. The van der Waals surface area contributed by atoms with Crippen LogP contribution in [0, 0.1) is 28.6 Å². The summed E-state index contributed by atoms with van der Waals surface area (Å²) >= 11 is 0. The Labute approximate surface area is 218 Å². The highest BCUT2D eigenvalue weighted by molar-refractivity contribution is 5.77. The lowest BCUT2D eigenvalue weighted by Gasteiger charge is -2.44. The molecular weight excluding hydrogens is 452 g/mol. The summed E-state index contributed by atoms with van der Waals surface area (Å²) in [4.78, 5) is 12.5. The fourth-order valence-corrected chi connectivity index (χ4v) is 6.75. The smallest absolute Gasteiger partial charge is 0.314 e. The molecule has 3 aliphatic carbocycles. The number of rotatable bonds is 7. The maximum atomic E-state index is 12.5. The molecular formula is C31H48O5. The van der Waals surface area contributed by atoms with Crippen molar-refractivity contribution in [3.63, 3.8) is 0 Å². The van der Waals surface area contributed by atoms with Crippen molar-refractivity contribution in [1.82, 2.24) is 0 Å². The molecule has 0 unspecified atom stereocenters. The van der Waals surface area contributed by atoms with Gasteiger partial charge in [-0.1, -0.05) is 50.3 Å². The molecule has 3 saturated carbocycles. The van der Waals surface area contributed by atoms with Crippen molar-refractivity contribution < 1.29 is 24.9 Å². The Morgan fingerprint density at radius 3 is 2.53 bits per heavy atom. The first kappa shape index (κ1) is 28.9. The number of esters is 1. The van der Waals surface area contributed by atoms with Gasteiger partial charge in [0.2, 0.25) is 0 Å². The molecule has 0 aromatic heterocycles. The van der Waals surface area contributed by atoms with Crippen molar-refractivity contribution in [3.05, 3.63) is 47.6 Å². The highest BCUT2D eigenvalue weighted by Gasteiger charge is 2.50. The van der Waals surface area contributed by atoms with E-state index in [2.05, 4.69) is 38.7 Å². The molecule has 0 aromatic carbocycles. The number of carbonyl (C=O) groups excluding carboxylic acids is 1. The van der Waals surface area contributed by atoms with Gasteiger partial charge < -0.3 is 20.1 Å². The Morgan fingerprint density at radius 2 is 1.86 bits per heavy atom. The third-order valence-corrected chi connectivity index (χ3v) is 9.14. The summed E-state index contributed by atoms with van der Waals surface area (Å²) in [6.07, 6.45) is 12.6. The number of aliphatic hydroxyl groups is 3. The van der Waals surface area contributed by atoms with Crippen molar-refractivity contribution in [2.75, 3.05) is 0 Å². The predicted molar refractivity (Wildman–Crippen MR) is 144 cm³/mol. The molecule has 0 radical (unpaired) electrons. The van der Waals surface area contributed by atoms with Gasteiger partial charge in [0.15, 0.2) is 0 Å². The average molecular weight is 501 g/mol. The molecule has 0 aromatic rings. The van der Waals surface area contributed by atoms with Gasteiger partial charge in [-0.15, -0.1) is 0 Å². The summed E-state index contributed by atoms with van der Waals surface area (Å²) in [6.45, 7) is 15.8. The molecule has 0 saturated heterocycles. The fourth-order valence-electron chi connectivity index (χ4n) is 6.75. The van der Waals surface area contributed by atoms with E-state index in [4.69, 9.17) is 4.74 Å². The summed E-state index contributed by atoms with van der Waals surface area (Å²) < 4.78 is 5.35. The zero-order valence-corrected chi connectivity index (χ0v) is 23.2. The minimum absolute atomic E-state index is 0.186. The molecule has 3 rings (SSSR count). The molecule has 7 atom stereocenters. The van der Waals surface area contributed by atoms with Gasteiger partial charge in [0, 0.05) is 6.42 Å². The minimum Gasteiger partial charge on any atom is -0.462 e. The Morgan fingerprint density at radius 1 is 1.17 bits per heavy atom. The Hall–Kier alpha value is -1.69. The largest absolute Gasteiger partial charge is 0.462 e. The molecule has 3 aliphatic rings. The van der Waals surface area contributed by atoms with E-state index in [0.29, 0.717) is 24.7 Å². The van der Waals surface area contributed by atoms with Crippen LogP contribution in [0.15, 0.2) is 47.6 Å². The maximum Gasteiger partial charge on any atom is 0.314 e. The summed E-state index contributed by atoms with van der Waals surface area (Å²) in [7, 11) is 0. The monoisotopic (exact) mass is 500 g/mol. The molecule has 3 N–H and O–H groups in total. The van der Waals surface area contributed by atoms with Crippen LogP contribution in [0.4, 0.5) is 0 Å². The quantitative estimate of drug-likeness (QED) is 0.310. The van der Waals surface area contributed by atoms with E-state index >= 15 is 0 Å². The molecule has 3 fully saturated rings. The first-order chi connectivity index (χ1) is 16.8. The molecule has 0 bridgehead atoms. The van der Waals surface area contributed by atoms with Gasteiger partial charge in [-0.3, -0.25) is 4.79 Å². The molecule has 5 nitrogen and oxygen atoms in total. The van der Waals surface area contributed by atoms with E-state index in [1.807, 2.05) is 13.8 Å². The van der Waals surface area contributed by atoms with E-state index < -0.39 is 23.7 Å². The van der Waals surface area contributed by atoms with Crippen LogP contribution in [0.25, 0.3) is 0 Å². The standard InChI is InChI=1S/C31H48O5/c1-19(2)36-29(35)30(5,6)28(34)15-10-20(3)25-13-14-26-22(9-8-16-31(25,26)7)11-12-23-17-24(32)18-27(33)21(23)4/h10-12,15,19-20,24-28,32-34H,4,8-9,13-14,16-18H2,1-3,5-7H3/b15-10+,22-11+,23-12-/t20-,24-,25-,26+,27+,28-,31+/m1/s1. The molecule has 0 amide bonds. The lowest BCUT2D eigenvalue weighted by molar-refractivity contribution is -0.162. The first-order valence-electron chi connectivity index (χ1n) is 13.8. The van der Waals surface area contributed by atoms with Crippen LogP contribution in [0.5, 0.6) is 0 Å². The molecule has 0 aliphatic heterocycles. The van der Waals surface area contributed by atoms with Crippen LogP contribution < -0.4 is 0 Å². The van der Waals surface area contributed by atoms with Gasteiger partial charge in [-0.25, -0.2) is 0 Å². The normalized spacial score (nSPS) is 35.4. The second kappa shape index (κ2) is 11.4. The molecule has 5 heteroatoms. The van der Waals surface area contributed by atoms with Crippen LogP contribution >= 0.6 is 0 Å². The van der Waals surface area contributed by atoms with E-state index in [-0.39, 0.29) is 23.4 Å². The Kier molecular flexibility index (Phi) is 9.12. The molecule has 202 valence electrons. The van der Waals surface area contributed by atoms with Crippen molar-refractivity contribution in [3.8, 4) is 0 Å². The lowest BCUT2D eigenvalue weighted by atomic mass is 9.61. The van der Waals surface area contributed by atoms with Crippen molar-refractivity contribution in [1.29, 1.82) is 0 Å². The minimum atomic E-state index is -0.999. The van der Waals surface area contributed by atoms with Crippen LogP contribution in [0.3, 0.4) is 0 Å². The molecule has 0 spiro atoms. The summed E-state index contributed by atoms with van der Waals surface area (Å²) in [5.41, 5.74) is 2.35. The van der Waals surface area contributed by atoms with E-state index in [0.717, 1.165) is 36.8 Å². The number of aliphatic hydroxyl groups excluding tert-OH is 3. The summed E-state index contributed by atoms with van der Waals surface area (Å²) in [5, 5.41) is 31.1. The number of carbonyl (C=O) groups is 1. The van der Waals surface area contributed by atoms with Crippen molar-refractivity contribution >= 4 is 5.97 Å². The maximum absolute atomic E-state index is 12.5. The predicted octanol–water partition coefficient (Wildman–Crippen LogP) is 5.66. The van der Waals surface area contributed by atoms with Crippen LogP contribution in [0.2, 0.25) is 0 Å². The highest BCUT2D eigenvalue weighted by atomic mass is 16.5. The average Bonchev–Trinajstić information content (AvgIpc) is 3.15. The van der Waals surface area contributed by atoms with Crippen LogP contribution in [-0.2, 0) is 9.53 Å². The third-order valence-electron chi connectivity index (χ3n) is 9.14. The van der Waals surface area contributed by atoms with Crippen molar-refractivity contribution in [2.45, 2.75) is 111 Å². The van der Waals surface area contributed by atoms with E-state index in [1.54, 1.807) is 19.9 Å². The number of fused-ring (bicyclic) bond motifs is 1. The van der Waals surface area contributed by atoms with Gasteiger partial charge in [0.1, 0.15) is 0 Å². The number of hydrogen-bond donors (Lipinski definition) is 3. The molecule has 0 heterocycles. The number of hydrogen-bond acceptors (Lipinski definition) is 5. The number of allylic oxidation sites excluding steroid dienone is 4. The van der Waals surface area contributed by atoms with Crippen molar-refractivity contribution in [2.24, 2.45) is 28.6 Å². The van der Waals surface area contributed by atoms with Gasteiger partial charge in [-0.2, -0.15) is 0 Å².